The first-order valence-electron chi connectivity index (χ1n) is 12.0. The standard InChI is InChI=1S/C33H24Si/c1-23-16-17-25-22-32-30(21-26(25)20-23)33-29-15-9-8-10-24(29)18-19-31(33)34(32,27-11-4-2-5-12-27)28-13-6-3-7-14-28/h2-22H,1H3. The van der Waals surface area contributed by atoms with Gasteiger partial charge in [-0.15, -0.1) is 0 Å². The fraction of sp³-hybridized carbons (Fsp3) is 0.0303. The van der Waals surface area contributed by atoms with E-state index in [0.29, 0.717) is 0 Å². The second-order valence-electron chi connectivity index (χ2n) is 9.44. The number of hydrogen-bond acceptors (Lipinski definition) is 0. The monoisotopic (exact) mass is 448 g/mol. The van der Waals surface area contributed by atoms with Crippen LogP contribution in [-0.4, -0.2) is 8.07 Å². The average Bonchev–Trinajstić information content (AvgIpc) is 3.19. The van der Waals surface area contributed by atoms with Gasteiger partial charge in [0, 0.05) is 0 Å². The predicted octanol–water partition coefficient (Wildman–Crippen LogP) is 5.66. The molecule has 6 aromatic rings. The first-order valence-corrected chi connectivity index (χ1v) is 14.0. The van der Waals surface area contributed by atoms with E-state index in [1.54, 1.807) is 0 Å². The molecule has 0 nitrogen and oxygen atoms in total. The summed E-state index contributed by atoms with van der Waals surface area (Å²) in [5.74, 6) is 0. The van der Waals surface area contributed by atoms with Crippen LogP contribution in [0.4, 0.5) is 0 Å². The lowest BCUT2D eigenvalue weighted by Crippen LogP contribution is -2.72. The zero-order valence-electron chi connectivity index (χ0n) is 19.1. The van der Waals surface area contributed by atoms with Crippen molar-refractivity contribution in [2.75, 3.05) is 0 Å². The number of hydrogen-bond donors (Lipinski definition) is 0. The van der Waals surface area contributed by atoms with E-state index in [9.17, 15) is 0 Å². The predicted molar refractivity (Wildman–Crippen MR) is 149 cm³/mol. The van der Waals surface area contributed by atoms with Crippen molar-refractivity contribution in [3.63, 3.8) is 0 Å². The minimum atomic E-state index is -2.47. The van der Waals surface area contributed by atoms with Crippen LogP contribution in [0.2, 0.25) is 0 Å². The Balaban J connectivity index is 1.73. The first-order chi connectivity index (χ1) is 16.8. The lowest BCUT2D eigenvalue weighted by Gasteiger charge is -2.31. The third-order valence-corrected chi connectivity index (χ3v) is 12.4. The Morgan fingerprint density at radius 2 is 1.12 bits per heavy atom. The van der Waals surface area contributed by atoms with Crippen LogP contribution in [0.1, 0.15) is 5.56 Å². The van der Waals surface area contributed by atoms with Crippen molar-refractivity contribution in [1.29, 1.82) is 0 Å². The minimum Gasteiger partial charge on any atom is -0.0623 e. The molecule has 0 amide bonds. The SMILES string of the molecule is Cc1ccc2cc3c(cc2c1)-c1c(ccc2ccccc12)[Si]3(c1ccccc1)c1ccccc1. The van der Waals surface area contributed by atoms with Gasteiger partial charge in [0.1, 0.15) is 0 Å². The second kappa shape index (κ2) is 7.28. The molecule has 1 aliphatic heterocycles. The first kappa shape index (κ1) is 19.5. The summed E-state index contributed by atoms with van der Waals surface area (Å²) in [6.45, 7) is 2.18. The lowest BCUT2D eigenvalue weighted by molar-refractivity contribution is 1.51. The summed E-state index contributed by atoms with van der Waals surface area (Å²) in [5.41, 5.74) is 4.14. The summed E-state index contributed by atoms with van der Waals surface area (Å²) in [6, 6.07) is 48.0. The van der Waals surface area contributed by atoms with E-state index in [1.165, 1.54) is 59.0 Å². The van der Waals surface area contributed by atoms with Crippen molar-refractivity contribution >= 4 is 50.4 Å². The number of fused-ring (bicyclic) bond motifs is 6. The van der Waals surface area contributed by atoms with Crippen LogP contribution in [0.25, 0.3) is 32.7 Å². The molecule has 0 fully saturated rings. The van der Waals surface area contributed by atoms with Crippen LogP contribution < -0.4 is 20.7 Å². The van der Waals surface area contributed by atoms with Crippen molar-refractivity contribution in [1.82, 2.24) is 0 Å². The Kier molecular flexibility index (Phi) is 4.18. The summed E-state index contributed by atoms with van der Waals surface area (Å²) in [4.78, 5) is 0. The van der Waals surface area contributed by atoms with Gasteiger partial charge in [0.25, 0.3) is 0 Å². The van der Waals surface area contributed by atoms with Crippen LogP contribution in [0.15, 0.2) is 127 Å². The molecule has 1 aliphatic rings. The molecule has 160 valence electrons. The third-order valence-electron chi connectivity index (χ3n) is 7.55. The molecule has 0 bridgehead atoms. The molecule has 0 atom stereocenters. The summed E-state index contributed by atoms with van der Waals surface area (Å²) in [7, 11) is -2.47. The van der Waals surface area contributed by atoms with E-state index >= 15 is 0 Å². The highest BCUT2D eigenvalue weighted by Crippen LogP contribution is 2.36. The molecule has 0 saturated carbocycles. The van der Waals surface area contributed by atoms with Gasteiger partial charge in [0.05, 0.1) is 0 Å². The van der Waals surface area contributed by atoms with E-state index in [4.69, 9.17) is 0 Å². The molecular weight excluding hydrogens is 424 g/mol. The number of benzene rings is 6. The van der Waals surface area contributed by atoms with E-state index in [0.717, 1.165) is 0 Å². The maximum absolute atomic E-state index is 2.51. The highest BCUT2D eigenvalue weighted by molar-refractivity contribution is 7.22. The summed E-state index contributed by atoms with van der Waals surface area (Å²) in [6.07, 6.45) is 0. The number of rotatable bonds is 2. The van der Waals surface area contributed by atoms with Crippen LogP contribution in [0.3, 0.4) is 0 Å². The van der Waals surface area contributed by atoms with Crippen molar-refractivity contribution in [3.8, 4) is 11.1 Å². The summed E-state index contributed by atoms with van der Waals surface area (Å²) in [5, 5.41) is 11.2. The maximum atomic E-state index is 2.51. The highest BCUT2D eigenvalue weighted by Gasteiger charge is 2.49. The largest absolute Gasteiger partial charge is 0.180 e. The maximum Gasteiger partial charge on any atom is 0.180 e. The normalized spacial score (nSPS) is 13.7. The fourth-order valence-electron chi connectivity index (χ4n) is 6.12. The topological polar surface area (TPSA) is 0 Å². The quantitative estimate of drug-likeness (QED) is 0.299. The molecule has 0 unspecified atom stereocenters. The van der Waals surface area contributed by atoms with Crippen LogP contribution in [-0.2, 0) is 0 Å². The van der Waals surface area contributed by atoms with Crippen molar-refractivity contribution in [2.45, 2.75) is 6.92 Å². The molecule has 0 spiro atoms. The van der Waals surface area contributed by atoms with Crippen molar-refractivity contribution in [2.24, 2.45) is 0 Å². The van der Waals surface area contributed by atoms with Crippen LogP contribution in [0.5, 0.6) is 0 Å². The highest BCUT2D eigenvalue weighted by atomic mass is 28.3. The summed E-state index contributed by atoms with van der Waals surface area (Å²) >= 11 is 0. The number of aryl methyl sites for hydroxylation is 1. The molecule has 6 aromatic carbocycles. The van der Waals surface area contributed by atoms with E-state index < -0.39 is 8.07 Å². The van der Waals surface area contributed by atoms with Crippen molar-refractivity contribution < 1.29 is 0 Å². The van der Waals surface area contributed by atoms with Gasteiger partial charge in [-0.3, -0.25) is 0 Å². The Morgan fingerprint density at radius 3 is 1.85 bits per heavy atom. The Morgan fingerprint density at radius 1 is 0.471 bits per heavy atom. The summed E-state index contributed by atoms with van der Waals surface area (Å²) < 4.78 is 0. The Labute approximate surface area is 201 Å². The molecule has 0 aromatic heterocycles. The zero-order chi connectivity index (χ0) is 22.7. The molecule has 0 radical (unpaired) electrons. The third kappa shape index (κ3) is 2.59. The lowest BCUT2D eigenvalue weighted by atomic mass is 9.96. The van der Waals surface area contributed by atoms with Crippen LogP contribution in [0, 0.1) is 6.92 Å². The molecule has 1 heteroatoms. The van der Waals surface area contributed by atoms with Gasteiger partial charge in [-0.1, -0.05) is 127 Å². The van der Waals surface area contributed by atoms with E-state index in [2.05, 4.69) is 134 Å². The average molecular weight is 449 g/mol. The molecule has 0 N–H and O–H groups in total. The molecule has 1 heterocycles. The van der Waals surface area contributed by atoms with Gasteiger partial charge >= 0.3 is 0 Å². The zero-order valence-corrected chi connectivity index (χ0v) is 20.1. The van der Waals surface area contributed by atoms with Crippen LogP contribution >= 0.6 is 0 Å². The van der Waals surface area contributed by atoms with Crippen molar-refractivity contribution in [3.05, 3.63) is 133 Å². The van der Waals surface area contributed by atoms with Gasteiger partial charge in [-0.2, -0.15) is 0 Å². The molecule has 0 saturated heterocycles. The van der Waals surface area contributed by atoms with Gasteiger partial charge in [-0.05, 0) is 66.4 Å². The van der Waals surface area contributed by atoms with E-state index in [-0.39, 0.29) is 0 Å². The smallest absolute Gasteiger partial charge is 0.0623 e. The second-order valence-corrected chi connectivity index (χ2v) is 13.2. The van der Waals surface area contributed by atoms with E-state index in [1.807, 2.05) is 0 Å². The van der Waals surface area contributed by atoms with Gasteiger partial charge in [0.15, 0.2) is 8.07 Å². The fourth-order valence-corrected chi connectivity index (χ4v) is 11.3. The minimum absolute atomic E-state index is 1.30. The molecule has 7 rings (SSSR count). The Bertz CT molecular complexity index is 1660. The Hall–Kier alpha value is -3.94. The van der Waals surface area contributed by atoms with Gasteiger partial charge < -0.3 is 0 Å². The molecule has 34 heavy (non-hydrogen) atoms. The van der Waals surface area contributed by atoms with Gasteiger partial charge in [-0.25, -0.2) is 0 Å². The van der Waals surface area contributed by atoms with Gasteiger partial charge in [0.2, 0.25) is 0 Å². The molecular formula is C33H24Si. The molecule has 0 aliphatic carbocycles.